The number of nitrogens with zero attached hydrogens (tertiary/aromatic N) is 3. The topological polar surface area (TPSA) is 107 Å². The molecule has 100 valence electrons. The molecule has 0 radical (unpaired) electrons. The molecule has 0 aliphatic carbocycles. The van der Waals surface area contributed by atoms with Gasteiger partial charge in [0.1, 0.15) is 6.20 Å². The predicted octanol–water partition coefficient (Wildman–Crippen LogP) is 2.20. The molecule has 7 heteroatoms. The smallest absolute Gasteiger partial charge is 0.329 e. The number of hydrogen-bond acceptors (Lipinski definition) is 6. The fourth-order valence-electron chi connectivity index (χ4n) is 1.52. The summed E-state index contributed by atoms with van der Waals surface area (Å²) in [6, 6.07) is 0.0976. The van der Waals surface area contributed by atoms with Gasteiger partial charge >= 0.3 is 5.69 Å². The highest BCUT2D eigenvalue weighted by Crippen LogP contribution is 2.22. The molecule has 1 heterocycles. The summed E-state index contributed by atoms with van der Waals surface area (Å²) in [5, 5.41) is 13.8. The summed E-state index contributed by atoms with van der Waals surface area (Å²) in [4.78, 5) is 17.8. The minimum absolute atomic E-state index is 0.0270. The van der Waals surface area contributed by atoms with Crippen LogP contribution in [0.5, 0.6) is 0 Å². The molecular formula is C11H19N5O2. The summed E-state index contributed by atoms with van der Waals surface area (Å²) >= 11 is 0. The average Bonchev–Trinajstić information content (AvgIpc) is 2.26. The molecule has 0 saturated heterocycles. The molecule has 1 atom stereocenters. The molecule has 0 aliphatic rings. The van der Waals surface area contributed by atoms with E-state index in [9.17, 15) is 10.1 Å². The lowest BCUT2D eigenvalue weighted by molar-refractivity contribution is -0.384. The normalized spacial score (nSPS) is 12.4. The SMILES string of the molecule is CC(C)CCC(C)Nc1nc(N)ncc1[N+](=O)[O-]. The molecule has 0 spiro atoms. The van der Waals surface area contributed by atoms with Crippen LogP contribution in [0.2, 0.25) is 0 Å². The Hall–Kier alpha value is -1.92. The highest BCUT2D eigenvalue weighted by atomic mass is 16.6. The van der Waals surface area contributed by atoms with Crippen molar-refractivity contribution in [3.63, 3.8) is 0 Å². The van der Waals surface area contributed by atoms with E-state index >= 15 is 0 Å². The lowest BCUT2D eigenvalue weighted by atomic mass is 10.0. The summed E-state index contributed by atoms with van der Waals surface area (Å²) in [6.45, 7) is 6.24. The van der Waals surface area contributed by atoms with Gasteiger partial charge in [0.15, 0.2) is 0 Å². The standard InChI is InChI=1S/C11H19N5O2/c1-7(2)4-5-8(3)14-10-9(16(17)18)6-13-11(12)15-10/h6-8H,4-5H2,1-3H3,(H3,12,13,14,15). The Kier molecular flexibility index (Phi) is 4.82. The maximum Gasteiger partial charge on any atom is 0.329 e. The average molecular weight is 253 g/mol. The molecule has 1 aromatic heterocycles. The van der Waals surface area contributed by atoms with Gasteiger partial charge in [0.2, 0.25) is 11.8 Å². The van der Waals surface area contributed by atoms with E-state index in [-0.39, 0.29) is 23.5 Å². The lowest BCUT2D eigenvalue weighted by Gasteiger charge is -2.15. The fraction of sp³-hybridized carbons (Fsp3) is 0.636. The molecule has 1 aromatic rings. The monoisotopic (exact) mass is 253 g/mol. The third-order valence-electron chi connectivity index (χ3n) is 2.54. The quantitative estimate of drug-likeness (QED) is 0.594. The van der Waals surface area contributed by atoms with Gasteiger partial charge in [-0.1, -0.05) is 13.8 Å². The summed E-state index contributed by atoms with van der Waals surface area (Å²) < 4.78 is 0. The van der Waals surface area contributed by atoms with E-state index in [0.29, 0.717) is 5.92 Å². The largest absolute Gasteiger partial charge is 0.368 e. The van der Waals surface area contributed by atoms with Crippen molar-refractivity contribution in [3.8, 4) is 0 Å². The second-order valence-corrected chi connectivity index (χ2v) is 4.74. The van der Waals surface area contributed by atoms with Crippen LogP contribution in [0.3, 0.4) is 0 Å². The van der Waals surface area contributed by atoms with Gasteiger partial charge < -0.3 is 11.1 Å². The first kappa shape index (κ1) is 14.1. The number of nitro groups is 1. The number of aromatic nitrogens is 2. The van der Waals surface area contributed by atoms with Crippen molar-refractivity contribution in [2.24, 2.45) is 5.92 Å². The first-order valence-electron chi connectivity index (χ1n) is 5.93. The van der Waals surface area contributed by atoms with Crippen LogP contribution in [0.1, 0.15) is 33.6 Å². The molecule has 0 amide bonds. The zero-order valence-corrected chi connectivity index (χ0v) is 10.9. The van der Waals surface area contributed by atoms with E-state index in [4.69, 9.17) is 5.73 Å². The zero-order chi connectivity index (χ0) is 13.7. The van der Waals surface area contributed by atoms with Gasteiger partial charge in [-0.15, -0.1) is 0 Å². The first-order chi connectivity index (χ1) is 8.40. The third-order valence-corrected chi connectivity index (χ3v) is 2.54. The van der Waals surface area contributed by atoms with Crippen LogP contribution in [-0.2, 0) is 0 Å². The lowest BCUT2D eigenvalue weighted by Crippen LogP contribution is -2.18. The van der Waals surface area contributed by atoms with Crippen LogP contribution in [-0.4, -0.2) is 20.9 Å². The minimum atomic E-state index is -0.517. The summed E-state index contributed by atoms with van der Waals surface area (Å²) in [5.74, 6) is 0.808. The molecule has 0 saturated carbocycles. The Balaban J connectivity index is 2.76. The van der Waals surface area contributed by atoms with Crippen LogP contribution in [0.15, 0.2) is 6.20 Å². The van der Waals surface area contributed by atoms with Crippen molar-refractivity contribution < 1.29 is 4.92 Å². The molecule has 7 nitrogen and oxygen atoms in total. The number of nitrogen functional groups attached to an aromatic ring is 1. The fourth-order valence-corrected chi connectivity index (χ4v) is 1.52. The van der Waals surface area contributed by atoms with Crippen LogP contribution in [0.25, 0.3) is 0 Å². The molecule has 1 unspecified atom stereocenters. The van der Waals surface area contributed by atoms with Gasteiger partial charge in [-0.2, -0.15) is 4.98 Å². The van der Waals surface area contributed by atoms with Crippen LogP contribution in [0, 0.1) is 16.0 Å². The molecular weight excluding hydrogens is 234 g/mol. The molecule has 0 fully saturated rings. The highest BCUT2D eigenvalue weighted by Gasteiger charge is 2.18. The molecule has 0 aromatic carbocycles. The van der Waals surface area contributed by atoms with Crippen molar-refractivity contribution >= 4 is 17.5 Å². The van der Waals surface area contributed by atoms with Crippen LogP contribution < -0.4 is 11.1 Å². The van der Waals surface area contributed by atoms with Crippen molar-refractivity contribution in [2.45, 2.75) is 39.7 Å². The molecule has 18 heavy (non-hydrogen) atoms. The van der Waals surface area contributed by atoms with Gasteiger partial charge in [-0.25, -0.2) is 4.98 Å². The van der Waals surface area contributed by atoms with Gasteiger partial charge in [-0.3, -0.25) is 10.1 Å². The third kappa shape index (κ3) is 4.15. The van der Waals surface area contributed by atoms with E-state index in [1.54, 1.807) is 0 Å². The van der Waals surface area contributed by atoms with Gasteiger partial charge in [-0.05, 0) is 25.7 Å². The zero-order valence-electron chi connectivity index (χ0n) is 10.9. The van der Waals surface area contributed by atoms with Crippen LogP contribution in [0.4, 0.5) is 17.5 Å². The van der Waals surface area contributed by atoms with Gasteiger partial charge in [0, 0.05) is 6.04 Å². The van der Waals surface area contributed by atoms with Crippen molar-refractivity contribution in [1.82, 2.24) is 9.97 Å². The maximum absolute atomic E-state index is 10.8. The van der Waals surface area contributed by atoms with E-state index in [1.807, 2.05) is 6.92 Å². The van der Waals surface area contributed by atoms with E-state index in [0.717, 1.165) is 19.0 Å². The highest BCUT2D eigenvalue weighted by molar-refractivity contribution is 5.56. The Bertz CT molecular complexity index is 422. The first-order valence-corrected chi connectivity index (χ1v) is 5.93. The number of nitrogens with one attached hydrogen (secondary N) is 1. The van der Waals surface area contributed by atoms with Gasteiger partial charge in [0.25, 0.3) is 0 Å². The molecule has 0 bridgehead atoms. The molecule has 3 N–H and O–H groups in total. The maximum atomic E-state index is 10.8. The van der Waals surface area contributed by atoms with Crippen LogP contribution >= 0.6 is 0 Å². The predicted molar refractivity (Wildman–Crippen MR) is 70.3 cm³/mol. The Morgan fingerprint density at radius 1 is 1.44 bits per heavy atom. The minimum Gasteiger partial charge on any atom is -0.368 e. The van der Waals surface area contributed by atoms with Crippen molar-refractivity contribution in [1.29, 1.82) is 0 Å². The Labute approximate surface area is 106 Å². The second-order valence-electron chi connectivity index (χ2n) is 4.74. The number of anilines is 2. The Morgan fingerprint density at radius 3 is 2.67 bits per heavy atom. The number of rotatable bonds is 6. The van der Waals surface area contributed by atoms with Gasteiger partial charge in [0.05, 0.1) is 4.92 Å². The number of nitrogens with two attached hydrogens (primary N) is 1. The van der Waals surface area contributed by atoms with E-state index in [1.165, 1.54) is 0 Å². The Morgan fingerprint density at radius 2 is 2.11 bits per heavy atom. The second kappa shape index (κ2) is 6.13. The number of hydrogen-bond donors (Lipinski definition) is 2. The van der Waals surface area contributed by atoms with E-state index in [2.05, 4.69) is 29.1 Å². The summed E-state index contributed by atoms with van der Waals surface area (Å²) in [6.07, 6.45) is 3.08. The van der Waals surface area contributed by atoms with Crippen molar-refractivity contribution in [2.75, 3.05) is 11.1 Å². The van der Waals surface area contributed by atoms with E-state index < -0.39 is 4.92 Å². The molecule has 1 rings (SSSR count). The molecule has 0 aliphatic heterocycles. The summed E-state index contributed by atoms with van der Waals surface area (Å²) in [5.41, 5.74) is 5.29. The van der Waals surface area contributed by atoms with Crippen molar-refractivity contribution in [3.05, 3.63) is 16.3 Å². The summed E-state index contributed by atoms with van der Waals surface area (Å²) in [7, 11) is 0.